The van der Waals surface area contributed by atoms with Crippen LogP contribution in [0.15, 0.2) is 48.9 Å². The first-order chi connectivity index (χ1) is 22.8. The third-order valence-corrected chi connectivity index (χ3v) is 10.3. The van der Waals surface area contributed by atoms with Crippen molar-refractivity contribution in [2.45, 2.75) is 89.4 Å². The molecule has 4 aliphatic rings. The number of hydrogen-bond donors (Lipinski definition) is 2. The Labute approximate surface area is 276 Å². The molecule has 3 fully saturated rings. The molecule has 4 aliphatic heterocycles. The highest BCUT2D eigenvalue weighted by Gasteiger charge is 2.39. The number of amides is 3. The van der Waals surface area contributed by atoms with E-state index in [1.807, 2.05) is 24.7 Å². The van der Waals surface area contributed by atoms with E-state index in [4.69, 9.17) is 4.98 Å². The zero-order valence-corrected chi connectivity index (χ0v) is 27.3. The average molecular weight is 637 g/mol. The second-order valence-electron chi connectivity index (χ2n) is 13.8. The largest absolute Gasteiger partial charge is 0.356 e. The van der Waals surface area contributed by atoms with E-state index in [9.17, 15) is 14.4 Å². The van der Waals surface area contributed by atoms with Crippen molar-refractivity contribution in [1.82, 2.24) is 30.1 Å². The van der Waals surface area contributed by atoms with E-state index in [1.165, 1.54) is 11.1 Å². The first kappa shape index (κ1) is 31.2. The van der Waals surface area contributed by atoms with Crippen LogP contribution in [0, 0.1) is 0 Å². The van der Waals surface area contributed by atoms with Gasteiger partial charge in [-0.2, -0.15) is 0 Å². The lowest BCUT2D eigenvalue weighted by Crippen LogP contribution is -2.52. The summed E-state index contributed by atoms with van der Waals surface area (Å²) in [6, 6.07) is 10.3. The lowest BCUT2D eigenvalue weighted by atomic mass is 9.88. The van der Waals surface area contributed by atoms with E-state index < -0.39 is 6.04 Å². The summed E-state index contributed by atoms with van der Waals surface area (Å²) < 4.78 is 0. The van der Waals surface area contributed by atoms with Gasteiger partial charge in [-0.05, 0) is 91.4 Å². The highest BCUT2D eigenvalue weighted by molar-refractivity contribution is 6.05. The second-order valence-corrected chi connectivity index (χ2v) is 13.8. The number of anilines is 2. The fourth-order valence-corrected chi connectivity index (χ4v) is 7.37. The molecule has 0 spiro atoms. The number of rotatable bonds is 8. The van der Waals surface area contributed by atoms with Gasteiger partial charge in [0, 0.05) is 62.8 Å². The highest BCUT2D eigenvalue weighted by Crippen LogP contribution is 2.34. The molecule has 11 nitrogen and oxygen atoms in total. The van der Waals surface area contributed by atoms with Gasteiger partial charge in [0.1, 0.15) is 11.9 Å². The number of carbonyl (C=O) groups excluding carboxylic acids is 3. The van der Waals surface area contributed by atoms with E-state index in [0.29, 0.717) is 42.4 Å². The van der Waals surface area contributed by atoms with Gasteiger partial charge >= 0.3 is 0 Å². The summed E-state index contributed by atoms with van der Waals surface area (Å²) in [5, 5.41) is 5.88. The van der Waals surface area contributed by atoms with Gasteiger partial charge in [0.15, 0.2) is 0 Å². The molecule has 0 aliphatic carbocycles. The number of imide groups is 1. The zero-order chi connectivity index (χ0) is 32.5. The number of hydrogen-bond acceptors (Lipinski definition) is 9. The van der Waals surface area contributed by atoms with E-state index in [2.05, 4.69) is 68.5 Å². The number of likely N-dealkylation sites (tertiary alicyclic amines) is 1. The Kier molecular flexibility index (Phi) is 8.90. The van der Waals surface area contributed by atoms with Gasteiger partial charge in [-0.25, -0.2) is 15.0 Å². The maximum atomic E-state index is 13.1. The number of fused-ring (bicyclic) bond motifs is 1. The van der Waals surface area contributed by atoms with Crippen molar-refractivity contribution in [1.29, 1.82) is 0 Å². The number of aromatic nitrogens is 3. The minimum Gasteiger partial charge on any atom is -0.356 e. The van der Waals surface area contributed by atoms with E-state index in [1.54, 1.807) is 4.90 Å². The summed E-state index contributed by atoms with van der Waals surface area (Å²) in [5.41, 5.74) is 5.31. The molecule has 3 aromatic rings. The molecule has 3 saturated heterocycles. The number of carbonyl (C=O) groups is 3. The molecule has 2 aromatic heterocycles. The molecule has 7 rings (SSSR count). The quantitative estimate of drug-likeness (QED) is 0.350. The molecule has 47 heavy (non-hydrogen) atoms. The lowest BCUT2D eigenvalue weighted by Gasteiger charge is -2.34. The van der Waals surface area contributed by atoms with Crippen LogP contribution in [-0.4, -0.2) is 80.7 Å². The van der Waals surface area contributed by atoms with Crippen molar-refractivity contribution in [3.05, 3.63) is 76.7 Å². The van der Waals surface area contributed by atoms with E-state index in [-0.39, 0.29) is 24.1 Å². The Morgan fingerprint density at radius 3 is 2.34 bits per heavy atom. The van der Waals surface area contributed by atoms with Crippen LogP contribution in [0.25, 0.3) is 0 Å². The van der Waals surface area contributed by atoms with Gasteiger partial charge in [0.05, 0.1) is 0 Å². The predicted octanol–water partition coefficient (Wildman–Crippen LogP) is 4.22. The summed E-state index contributed by atoms with van der Waals surface area (Å²) in [6.45, 7) is 9.53. The van der Waals surface area contributed by atoms with Crippen molar-refractivity contribution < 1.29 is 14.4 Å². The van der Waals surface area contributed by atoms with Crippen LogP contribution in [0.3, 0.4) is 0 Å². The fourth-order valence-electron chi connectivity index (χ4n) is 7.37. The molecule has 11 heteroatoms. The van der Waals surface area contributed by atoms with Gasteiger partial charge in [0.25, 0.3) is 5.91 Å². The maximum Gasteiger partial charge on any atom is 0.255 e. The van der Waals surface area contributed by atoms with Crippen molar-refractivity contribution in [2.24, 2.45) is 0 Å². The molecule has 3 amide bonds. The number of piperidine rings is 3. The van der Waals surface area contributed by atoms with Crippen LogP contribution >= 0.6 is 0 Å². The topological polar surface area (TPSA) is 124 Å². The minimum atomic E-state index is -0.577. The van der Waals surface area contributed by atoms with Crippen LogP contribution in [0.2, 0.25) is 0 Å². The molecule has 0 saturated carbocycles. The number of benzene rings is 1. The third-order valence-electron chi connectivity index (χ3n) is 10.3. The molecule has 0 bridgehead atoms. The summed E-state index contributed by atoms with van der Waals surface area (Å²) in [5.74, 6) is 1.87. The van der Waals surface area contributed by atoms with Crippen molar-refractivity contribution in [2.75, 3.05) is 36.4 Å². The zero-order valence-electron chi connectivity index (χ0n) is 27.3. The Balaban J connectivity index is 0.870. The second kappa shape index (κ2) is 13.4. The molecule has 1 atom stereocenters. The Morgan fingerprint density at radius 2 is 1.66 bits per heavy atom. The van der Waals surface area contributed by atoms with Crippen molar-refractivity contribution >= 4 is 29.5 Å². The van der Waals surface area contributed by atoms with Crippen molar-refractivity contribution in [3.8, 4) is 0 Å². The van der Waals surface area contributed by atoms with Gasteiger partial charge in [-0.1, -0.05) is 32.0 Å². The van der Waals surface area contributed by atoms with E-state index >= 15 is 0 Å². The smallest absolute Gasteiger partial charge is 0.255 e. The lowest BCUT2D eigenvalue weighted by molar-refractivity contribution is -0.136. The fraction of sp³-hybridized carbons (Fsp3) is 0.500. The number of nitrogens with one attached hydrogen (secondary N) is 2. The molecule has 0 radical (unpaired) electrons. The van der Waals surface area contributed by atoms with Gasteiger partial charge in [-0.15, -0.1) is 0 Å². The molecule has 2 N–H and O–H groups in total. The Hall–Kier alpha value is -4.38. The molecule has 6 heterocycles. The minimum absolute atomic E-state index is 0.115. The Morgan fingerprint density at radius 1 is 0.894 bits per heavy atom. The number of pyridine rings is 1. The predicted molar refractivity (Wildman–Crippen MR) is 179 cm³/mol. The molecular weight excluding hydrogens is 592 g/mol. The maximum absolute atomic E-state index is 13.1. The normalized spacial score (nSPS) is 21.3. The third kappa shape index (κ3) is 6.86. The molecule has 1 unspecified atom stereocenters. The monoisotopic (exact) mass is 636 g/mol. The van der Waals surface area contributed by atoms with Crippen LogP contribution < -0.4 is 15.5 Å². The summed E-state index contributed by atoms with van der Waals surface area (Å²) in [4.78, 5) is 57.4. The summed E-state index contributed by atoms with van der Waals surface area (Å²) >= 11 is 0. The summed E-state index contributed by atoms with van der Waals surface area (Å²) in [7, 11) is 0. The SMILES string of the molecule is CC(C)c1cnc(NC2CCN(c3ccc(CN4CCC(c5ccc6c(c5)CN(C5CCC(=O)NC5=O)C6=O)CC4)cn3)CC2)nc1. The van der Waals surface area contributed by atoms with Gasteiger partial charge in [0.2, 0.25) is 17.8 Å². The Bertz CT molecular complexity index is 1610. The molecule has 246 valence electrons. The summed E-state index contributed by atoms with van der Waals surface area (Å²) in [6.07, 6.45) is 10.7. The van der Waals surface area contributed by atoms with E-state index in [0.717, 1.165) is 75.4 Å². The first-order valence-corrected chi connectivity index (χ1v) is 17.1. The van der Waals surface area contributed by atoms with Gasteiger partial charge < -0.3 is 15.1 Å². The van der Waals surface area contributed by atoms with Crippen LogP contribution in [0.5, 0.6) is 0 Å². The van der Waals surface area contributed by atoms with Gasteiger partial charge in [-0.3, -0.25) is 24.6 Å². The average Bonchev–Trinajstić information content (AvgIpc) is 3.41. The van der Waals surface area contributed by atoms with Crippen molar-refractivity contribution in [3.63, 3.8) is 0 Å². The number of nitrogens with zero attached hydrogens (tertiary/aromatic N) is 6. The van der Waals surface area contributed by atoms with Crippen LogP contribution in [-0.2, 0) is 22.7 Å². The highest BCUT2D eigenvalue weighted by atomic mass is 16.2. The molecule has 1 aromatic carbocycles. The first-order valence-electron chi connectivity index (χ1n) is 17.1. The van der Waals surface area contributed by atoms with Crippen LogP contribution in [0.1, 0.15) is 96.8 Å². The van der Waals surface area contributed by atoms with Crippen LogP contribution in [0.4, 0.5) is 11.8 Å². The standard InChI is InChI=1S/C36H44N8O3/c1-23(2)28-19-38-36(39-20-28)40-29-11-15-43(16-12-29)32-7-3-24(18-37-32)21-42-13-9-25(10-14-42)26-4-5-30-27(17-26)22-44(35(30)47)31-6-8-33(45)41-34(31)46/h3-5,7,17-20,23,25,29,31H,6,8-16,21-22H2,1-2H3,(H,38,39,40)(H,41,45,46). The molecular formula is C36H44N8O3.